The molecule has 5 rings (SSSR count). The van der Waals surface area contributed by atoms with Crippen molar-refractivity contribution in [3.63, 3.8) is 0 Å². The van der Waals surface area contributed by atoms with Gasteiger partial charge in [-0.05, 0) is 42.8 Å². The summed E-state index contributed by atoms with van der Waals surface area (Å²) in [6.07, 6.45) is 0. The molecule has 2 aromatic carbocycles. The summed E-state index contributed by atoms with van der Waals surface area (Å²) in [5.41, 5.74) is 4.62. The van der Waals surface area contributed by atoms with E-state index in [1.54, 1.807) is 30.7 Å². The number of hydrogen-bond acceptors (Lipinski definition) is 7. The van der Waals surface area contributed by atoms with E-state index in [-0.39, 0.29) is 5.91 Å². The number of pyridine rings is 1. The Morgan fingerprint density at radius 1 is 1.15 bits per heavy atom. The number of methoxy groups -OCH3 is 1. The highest BCUT2D eigenvalue weighted by molar-refractivity contribution is 7.98. The second-order valence-corrected chi connectivity index (χ2v) is 9.27. The summed E-state index contributed by atoms with van der Waals surface area (Å²) in [6, 6.07) is 17.6. The van der Waals surface area contributed by atoms with Crippen molar-refractivity contribution >= 4 is 56.4 Å². The van der Waals surface area contributed by atoms with E-state index in [1.165, 1.54) is 11.3 Å². The van der Waals surface area contributed by atoms with Crippen molar-refractivity contribution in [2.75, 3.05) is 12.0 Å². The molecule has 3 aromatic heterocycles. The van der Waals surface area contributed by atoms with Crippen LogP contribution in [0.4, 0.5) is 10.8 Å². The van der Waals surface area contributed by atoms with Gasteiger partial charge in [0, 0.05) is 29.5 Å². The van der Waals surface area contributed by atoms with Crippen LogP contribution >= 0.6 is 23.1 Å². The molecule has 5 aromatic rings. The highest BCUT2D eigenvalue weighted by atomic mass is 32.2. The van der Waals surface area contributed by atoms with Crippen LogP contribution in [0.15, 0.2) is 65.1 Å². The van der Waals surface area contributed by atoms with Crippen molar-refractivity contribution in [1.82, 2.24) is 19.6 Å². The molecule has 0 aliphatic rings. The predicted octanol–water partition coefficient (Wildman–Crippen LogP) is 5.63. The van der Waals surface area contributed by atoms with E-state index in [9.17, 15) is 4.79 Å². The number of para-hydroxylation sites is 1. The lowest BCUT2D eigenvalue weighted by Gasteiger charge is -2.17. The molecule has 7 nitrogen and oxygen atoms in total. The van der Waals surface area contributed by atoms with Gasteiger partial charge in [0.25, 0.3) is 0 Å². The Hall–Kier alpha value is -3.43. The number of thiazole rings is 1. The van der Waals surface area contributed by atoms with Gasteiger partial charge in [0.1, 0.15) is 5.75 Å². The first kappa shape index (κ1) is 21.4. The zero-order valence-corrected chi connectivity index (χ0v) is 20.0. The maximum absolute atomic E-state index is 12.3. The number of aromatic nitrogens is 4. The Morgan fingerprint density at radius 3 is 2.73 bits per heavy atom. The van der Waals surface area contributed by atoms with E-state index in [1.807, 2.05) is 53.9 Å². The van der Waals surface area contributed by atoms with Gasteiger partial charge in [-0.2, -0.15) is 0 Å². The molecule has 0 unspecified atom stereocenters. The normalized spacial score (nSPS) is 11.2. The van der Waals surface area contributed by atoms with Crippen LogP contribution in [0.1, 0.15) is 18.2 Å². The smallest absolute Gasteiger partial charge is 0.230 e. The van der Waals surface area contributed by atoms with Gasteiger partial charge in [0.05, 0.1) is 24.0 Å². The van der Waals surface area contributed by atoms with Crippen LogP contribution in [0.3, 0.4) is 0 Å². The zero-order valence-electron chi connectivity index (χ0n) is 18.3. The molecule has 0 fully saturated rings. The molecular formula is C24H21N5O2S2. The van der Waals surface area contributed by atoms with E-state index in [2.05, 4.69) is 27.6 Å². The molecule has 3 heterocycles. The Labute approximate surface area is 199 Å². The number of carbonyl (C=O) groups is 1. The number of amides is 1. The monoisotopic (exact) mass is 475 g/mol. The predicted molar refractivity (Wildman–Crippen MR) is 133 cm³/mol. The topological polar surface area (TPSA) is 72.6 Å². The fourth-order valence-corrected chi connectivity index (χ4v) is 5.57. The van der Waals surface area contributed by atoms with Crippen molar-refractivity contribution in [1.29, 1.82) is 0 Å². The quantitative estimate of drug-likeness (QED) is 0.296. The van der Waals surface area contributed by atoms with Crippen LogP contribution in [0.25, 0.3) is 16.6 Å². The first-order valence-corrected chi connectivity index (χ1v) is 12.2. The minimum absolute atomic E-state index is 0.0750. The number of ether oxygens (including phenoxy) is 1. The largest absolute Gasteiger partial charge is 0.497 e. The van der Waals surface area contributed by atoms with Crippen LogP contribution in [0.5, 0.6) is 5.75 Å². The van der Waals surface area contributed by atoms with Gasteiger partial charge >= 0.3 is 0 Å². The molecule has 9 heteroatoms. The summed E-state index contributed by atoms with van der Waals surface area (Å²) in [7, 11) is 1.66. The van der Waals surface area contributed by atoms with E-state index >= 15 is 0 Å². The van der Waals surface area contributed by atoms with Gasteiger partial charge in [0.2, 0.25) is 5.91 Å². The average molecular weight is 476 g/mol. The number of nitrogens with zero attached hydrogens (tertiary/aromatic N) is 5. The first-order chi connectivity index (χ1) is 16.0. The molecule has 0 aliphatic heterocycles. The van der Waals surface area contributed by atoms with Crippen molar-refractivity contribution in [3.05, 3.63) is 71.2 Å². The van der Waals surface area contributed by atoms with Crippen LogP contribution in [0.2, 0.25) is 0 Å². The minimum Gasteiger partial charge on any atom is -0.497 e. The van der Waals surface area contributed by atoms with E-state index < -0.39 is 0 Å². The highest BCUT2D eigenvalue weighted by Gasteiger charge is 2.18. The second-order valence-electron chi connectivity index (χ2n) is 7.49. The fourth-order valence-electron chi connectivity index (χ4n) is 3.73. The van der Waals surface area contributed by atoms with Crippen LogP contribution in [0, 0.1) is 6.92 Å². The molecule has 33 heavy (non-hydrogen) atoms. The fraction of sp³-hybridized carbons (Fsp3) is 0.167. The maximum atomic E-state index is 12.3. The minimum atomic E-state index is -0.0750. The Balaban J connectivity index is 1.45. The van der Waals surface area contributed by atoms with Crippen LogP contribution in [-0.4, -0.2) is 32.6 Å². The van der Waals surface area contributed by atoms with Crippen LogP contribution < -0.4 is 9.64 Å². The lowest BCUT2D eigenvalue weighted by atomic mass is 10.1. The first-order valence-electron chi connectivity index (χ1n) is 10.3. The number of thioether (sulfide) groups is 1. The van der Waals surface area contributed by atoms with Gasteiger partial charge in [-0.1, -0.05) is 30.0 Å². The summed E-state index contributed by atoms with van der Waals surface area (Å²) in [5.74, 6) is 1.32. The number of anilines is 2. The summed E-state index contributed by atoms with van der Waals surface area (Å²) in [6.45, 7) is 3.62. The van der Waals surface area contributed by atoms with Gasteiger partial charge < -0.3 is 4.74 Å². The Bertz CT molecular complexity index is 1460. The number of hydrogen-bond donors (Lipinski definition) is 0. The molecule has 0 aliphatic carbocycles. The van der Waals surface area contributed by atoms with E-state index in [4.69, 9.17) is 9.72 Å². The molecule has 166 valence electrons. The number of fused-ring (bicyclic) bond motifs is 3. The lowest BCUT2D eigenvalue weighted by Crippen LogP contribution is -2.22. The van der Waals surface area contributed by atoms with Gasteiger partial charge in [0.15, 0.2) is 15.9 Å². The molecule has 0 saturated carbocycles. The number of carbonyl (C=O) groups excluding carboxylic acids is 1. The number of aryl methyl sites for hydroxylation is 1. The SMILES string of the molecule is COc1ccc2c(C)cc3nnc(SCc4csc(N(C(C)=O)c5ccccc5)n4)n3c2c1. The third-order valence-corrected chi connectivity index (χ3v) is 7.12. The van der Waals surface area contributed by atoms with E-state index in [0.717, 1.165) is 44.4 Å². The molecule has 0 bridgehead atoms. The third-order valence-electron chi connectivity index (χ3n) is 5.28. The maximum Gasteiger partial charge on any atom is 0.230 e. The summed E-state index contributed by atoms with van der Waals surface area (Å²) in [4.78, 5) is 18.7. The summed E-state index contributed by atoms with van der Waals surface area (Å²) < 4.78 is 7.49. The standard InChI is InChI=1S/C24H21N5O2S2/c1-15-11-22-26-27-24(29(22)21-12-19(31-3)9-10-20(15)21)33-14-17-13-32-23(25-17)28(16(2)30)18-7-5-4-6-8-18/h4-13H,14H2,1-3H3. The highest BCUT2D eigenvalue weighted by Crippen LogP contribution is 2.32. The third kappa shape index (κ3) is 4.05. The van der Waals surface area contributed by atoms with Crippen molar-refractivity contribution < 1.29 is 9.53 Å². The number of benzene rings is 2. The second kappa shape index (κ2) is 8.84. The molecule has 1 amide bonds. The van der Waals surface area contributed by atoms with Gasteiger partial charge in [-0.3, -0.25) is 14.1 Å². The molecule has 0 radical (unpaired) electrons. The van der Waals surface area contributed by atoms with Crippen molar-refractivity contribution in [3.8, 4) is 5.75 Å². The zero-order chi connectivity index (χ0) is 22.9. The van der Waals surface area contributed by atoms with Crippen LogP contribution in [-0.2, 0) is 10.5 Å². The molecule has 0 atom stereocenters. The molecule has 0 spiro atoms. The van der Waals surface area contributed by atoms with E-state index in [0.29, 0.717) is 10.9 Å². The lowest BCUT2D eigenvalue weighted by molar-refractivity contribution is -0.115. The molecular weight excluding hydrogens is 454 g/mol. The van der Waals surface area contributed by atoms with Gasteiger partial charge in [-0.25, -0.2) is 4.98 Å². The Kier molecular flexibility index (Phi) is 5.74. The summed E-state index contributed by atoms with van der Waals surface area (Å²) in [5, 5.41) is 13.3. The van der Waals surface area contributed by atoms with Crippen molar-refractivity contribution in [2.24, 2.45) is 0 Å². The average Bonchev–Trinajstić information content (AvgIpc) is 3.45. The van der Waals surface area contributed by atoms with Crippen molar-refractivity contribution in [2.45, 2.75) is 24.8 Å². The molecule has 0 saturated heterocycles. The number of rotatable bonds is 6. The summed E-state index contributed by atoms with van der Waals surface area (Å²) >= 11 is 3.01. The Morgan fingerprint density at radius 2 is 1.97 bits per heavy atom. The van der Waals surface area contributed by atoms with Gasteiger partial charge in [-0.15, -0.1) is 21.5 Å². The molecule has 0 N–H and O–H groups in total.